The molecule has 0 bridgehead atoms. The zero-order valence-electron chi connectivity index (χ0n) is 13.1. The summed E-state index contributed by atoms with van der Waals surface area (Å²) in [6.45, 7) is 1.97. The van der Waals surface area contributed by atoms with Gasteiger partial charge >= 0.3 is 0 Å². The number of carbonyl (C=O) groups is 1. The molecule has 1 atom stereocenters. The van der Waals surface area contributed by atoms with Crippen molar-refractivity contribution in [2.75, 3.05) is 27.2 Å². The molecule has 22 heavy (non-hydrogen) atoms. The molecule has 4 nitrogen and oxygen atoms in total. The fourth-order valence-corrected chi connectivity index (χ4v) is 3.24. The molecule has 2 aromatic rings. The number of fused-ring (bicyclic) bond motifs is 1. The number of likely N-dealkylation sites (N-methyl/N-ethyl adjacent to an activating group) is 2. The number of carbonyl (C=O) groups excluding carboxylic acids is 1. The zero-order chi connectivity index (χ0) is 15.7. The summed E-state index contributed by atoms with van der Waals surface area (Å²) < 4.78 is 0. The molecule has 4 heteroatoms. The number of benzene rings is 2. The van der Waals surface area contributed by atoms with E-state index in [1.165, 1.54) is 0 Å². The van der Waals surface area contributed by atoms with Crippen LogP contribution in [-0.4, -0.2) is 54.0 Å². The number of amides is 1. The molecule has 0 aliphatic carbocycles. The van der Waals surface area contributed by atoms with Crippen molar-refractivity contribution in [1.29, 1.82) is 0 Å². The lowest BCUT2D eigenvalue weighted by Crippen LogP contribution is -2.47. The molecule has 116 valence electrons. The van der Waals surface area contributed by atoms with E-state index in [0.29, 0.717) is 5.56 Å². The number of hydrogen-bond donors (Lipinski definition) is 1. The first kappa shape index (κ1) is 14.9. The fourth-order valence-electron chi connectivity index (χ4n) is 3.24. The number of piperidine rings is 1. The lowest BCUT2D eigenvalue weighted by atomic mass is 10.0. The predicted molar refractivity (Wildman–Crippen MR) is 88.2 cm³/mol. The van der Waals surface area contributed by atoms with Gasteiger partial charge in [0.1, 0.15) is 5.75 Å². The van der Waals surface area contributed by atoms with Crippen LogP contribution in [0.3, 0.4) is 0 Å². The van der Waals surface area contributed by atoms with E-state index in [-0.39, 0.29) is 17.7 Å². The second-order valence-electron chi connectivity index (χ2n) is 6.16. The van der Waals surface area contributed by atoms with Crippen molar-refractivity contribution in [2.45, 2.75) is 18.9 Å². The lowest BCUT2D eigenvalue weighted by Gasteiger charge is -2.36. The van der Waals surface area contributed by atoms with Gasteiger partial charge in [0.2, 0.25) is 0 Å². The summed E-state index contributed by atoms with van der Waals surface area (Å²) in [6.07, 6.45) is 2.11. The van der Waals surface area contributed by atoms with E-state index in [1.807, 2.05) is 37.4 Å². The molecule has 0 aromatic heterocycles. The first-order chi connectivity index (χ1) is 10.6. The largest absolute Gasteiger partial charge is 0.506 e. The molecule has 0 radical (unpaired) electrons. The first-order valence-corrected chi connectivity index (χ1v) is 7.74. The Hall–Kier alpha value is -2.07. The van der Waals surface area contributed by atoms with Gasteiger partial charge in [-0.3, -0.25) is 4.79 Å². The van der Waals surface area contributed by atoms with Crippen molar-refractivity contribution in [3.63, 3.8) is 0 Å². The summed E-state index contributed by atoms with van der Waals surface area (Å²) in [6, 6.07) is 11.4. The standard InChI is InChI=1S/C18H22N2O2/c1-19-11-5-7-14(12-19)20(2)18(22)16-10-9-13-6-3-4-8-15(13)17(16)21/h3-4,6,8-10,14,21H,5,7,11-12H2,1-2H3. The number of aromatic hydroxyl groups is 1. The second-order valence-corrected chi connectivity index (χ2v) is 6.16. The van der Waals surface area contributed by atoms with Gasteiger partial charge in [-0.2, -0.15) is 0 Å². The van der Waals surface area contributed by atoms with E-state index < -0.39 is 0 Å². The van der Waals surface area contributed by atoms with Gasteiger partial charge in [-0.25, -0.2) is 0 Å². The monoisotopic (exact) mass is 298 g/mol. The molecule has 1 heterocycles. The van der Waals surface area contributed by atoms with Crippen LogP contribution in [0.5, 0.6) is 5.75 Å². The summed E-state index contributed by atoms with van der Waals surface area (Å²) in [5.41, 5.74) is 0.384. The van der Waals surface area contributed by atoms with E-state index >= 15 is 0 Å². The van der Waals surface area contributed by atoms with E-state index in [2.05, 4.69) is 11.9 Å². The minimum atomic E-state index is -0.108. The summed E-state index contributed by atoms with van der Waals surface area (Å²) >= 11 is 0. The van der Waals surface area contributed by atoms with Crippen LogP contribution in [0.1, 0.15) is 23.2 Å². The predicted octanol–water partition coefficient (Wildman–Crippen LogP) is 2.71. The van der Waals surface area contributed by atoms with E-state index in [0.717, 1.165) is 36.7 Å². The summed E-state index contributed by atoms with van der Waals surface area (Å²) in [5.74, 6) is -0.0253. The molecule has 1 amide bonds. The van der Waals surface area contributed by atoms with E-state index in [9.17, 15) is 9.90 Å². The van der Waals surface area contributed by atoms with Gasteiger partial charge in [0, 0.05) is 25.0 Å². The van der Waals surface area contributed by atoms with Crippen LogP contribution >= 0.6 is 0 Å². The second kappa shape index (κ2) is 5.97. The molecule has 0 spiro atoms. The number of hydrogen-bond acceptors (Lipinski definition) is 3. The Balaban J connectivity index is 1.90. The topological polar surface area (TPSA) is 43.8 Å². The minimum Gasteiger partial charge on any atom is -0.506 e. The van der Waals surface area contributed by atoms with Gasteiger partial charge in [-0.15, -0.1) is 0 Å². The SMILES string of the molecule is CN1CCCC(N(C)C(=O)c2ccc3ccccc3c2O)C1. The van der Waals surface area contributed by atoms with Crippen molar-refractivity contribution in [3.8, 4) is 5.75 Å². The number of rotatable bonds is 2. The molecule has 3 rings (SSSR count). The van der Waals surface area contributed by atoms with Crippen molar-refractivity contribution in [2.24, 2.45) is 0 Å². The van der Waals surface area contributed by atoms with Crippen LogP contribution < -0.4 is 0 Å². The maximum Gasteiger partial charge on any atom is 0.257 e. The number of likely N-dealkylation sites (tertiary alicyclic amines) is 1. The Morgan fingerprint density at radius 2 is 2.05 bits per heavy atom. The highest BCUT2D eigenvalue weighted by atomic mass is 16.3. The lowest BCUT2D eigenvalue weighted by molar-refractivity contribution is 0.0641. The van der Waals surface area contributed by atoms with Crippen LogP contribution in [0, 0.1) is 0 Å². The van der Waals surface area contributed by atoms with Crippen molar-refractivity contribution >= 4 is 16.7 Å². The molecule has 1 fully saturated rings. The van der Waals surface area contributed by atoms with Crippen LogP contribution in [0.25, 0.3) is 10.8 Å². The number of nitrogens with zero attached hydrogens (tertiary/aromatic N) is 2. The van der Waals surface area contributed by atoms with E-state index in [4.69, 9.17) is 0 Å². The maximum atomic E-state index is 12.8. The molecule has 0 saturated carbocycles. The van der Waals surface area contributed by atoms with Gasteiger partial charge in [0.05, 0.1) is 5.56 Å². The Morgan fingerprint density at radius 3 is 2.82 bits per heavy atom. The maximum absolute atomic E-state index is 12.8. The van der Waals surface area contributed by atoms with Crippen LogP contribution in [-0.2, 0) is 0 Å². The molecule has 1 aliphatic heterocycles. The van der Waals surface area contributed by atoms with Gasteiger partial charge in [0.25, 0.3) is 5.91 Å². The minimum absolute atomic E-state index is 0.0825. The highest BCUT2D eigenvalue weighted by Gasteiger charge is 2.26. The Labute approximate surface area is 131 Å². The third-order valence-corrected chi connectivity index (χ3v) is 4.60. The zero-order valence-corrected chi connectivity index (χ0v) is 13.1. The van der Waals surface area contributed by atoms with Crippen LogP contribution in [0.4, 0.5) is 0 Å². The van der Waals surface area contributed by atoms with Crippen molar-refractivity contribution < 1.29 is 9.90 Å². The molecule has 1 aliphatic rings. The van der Waals surface area contributed by atoms with Gasteiger partial charge < -0.3 is 14.9 Å². The Morgan fingerprint density at radius 1 is 1.27 bits per heavy atom. The van der Waals surface area contributed by atoms with Crippen LogP contribution in [0.2, 0.25) is 0 Å². The van der Waals surface area contributed by atoms with Gasteiger partial charge in [0.15, 0.2) is 0 Å². The normalized spacial score (nSPS) is 19.3. The smallest absolute Gasteiger partial charge is 0.257 e. The molecule has 1 N–H and O–H groups in total. The summed E-state index contributed by atoms with van der Waals surface area (Å²) in [7, 11) is 3.92. The highest BCUT2D eigenvalue weighted by molar-refractivity contribution is 6.03. The third kappa shape index (κ3) is 2.66. The first-order valence-electron chi connectivity index (χ1n) is 7.74. The Kier molecular flexibility index (Phi) is 4.03. The highest BCUT2D eigenvalue weighted by Crippen LogP contribution is 2.30. The van der Waals surface area contributed by atoms with Gasteiger partial charge in [-0.05, 0) is 37.9 Å². The summed E-state index contributed by atoms with van der Waals surface area (Å²) in [4.78, 5) is 16.8. The molecular formula is C18H22N2O2. The average molecular weight is 298 g/mol. The molecule has 1 saturated heterocycles. The number of phenolic OH excluding ortho intramolecular Hbond substituents is 1. The Bertz CT molecular complexity index is 699. The van der Waals surface area contributed by atoms with Crippen molar-refractivity contribution in [1.82, 2.24) is 9.80 Å². The fraction of sp³-hybridized carbons (Fsp3) is 0.389. The van der Waals surface area contributed by atoms with Crippen LogP contribution in [0.15, 0.2) is 36.4 Å². The molecule has 2 aromatic carbocycles. The summed E-state index contributed by atoms with van der Waals surface area (Å²) in [5, 5.41) is 12.1. The molecule has 1 unspecified atom stereocenters. The quantitative estimate of drug-likeness (QED) is 0.927. The third-order valence-electron chi connectivity index (χ3n) is 4.60. The van der Waals surface area contributed by atoms with Gasteiger partial charge in [-0.1, -0.05) is 30.3 Å². The van der Waals surface area contributed by atoms with E-state index in [1.54, 1.807) is 11.0 Å². The van der Waals surface area contributed by atoms with Crippen molar-refractivity contribution in [3.05, 3.63) is 42.0 Å². The molecular weight excluding hydrogens is 276 g/mol. The number of phenols is 1. The average Bonchev–Trinajstić information content (AvgIpc) is 2.54.